The number of hydrogen-bond donors (Lipinski definition) is 1. The predicted molar refractivity (Wildman–Crippen MR) is 120 cm³/mol. The van der Waals surface area contributed by atoms with Crippen molar-refractivity contribution in [3.05, 3.63) is 64.7 Å². The van der Waals surface area contributed by atoms with Crippen molar-refractivity contribution in [3.63, 3.8) is 0 Å². The lowest BCUT2D eigenvalue weighted by atomic mass is 9.77. The lowest BCUT2D eigenvalue weighted by Gasteiger charge is -2.38. The van der Waals surface area contributed by atoms with Gasteiger partial charge in [0.05, 0.1) is 11.5 Å². The van der Waals surface area contributed by atoms with Gasteiger partial charge in [-0.2, -0.15) is 0 Å². The Hall–Kier alpha value is -1.88. The molecule has 2 aliphatic heterocycles. The van der Waals surface area contributed by atoms with Crippen molar-refractivity contribution in [1.29, 1.82) is 0 Å². The number of aliphatic hydroxyl groups is 1. The van der Waals surface area contributed by atoms with Crippen molar-refractivity contribution in [1.82, 2.24) is 4.90 Å². The van der Waals surface area contributed by atoms with E-state index >= 15 is 0 Å². The number of likely N-dealkylation sites (tertiary alicyclic amines) is 1. The summed E-state index contributed by atoms with van der Waals surface area (Å²) in [6.45, 7) is 3.11. The van der Waals surface area contributed by atoms with Gasteiger partial charge in [0.1, 0.15) is 0 Å². The zero-order chi connectivity index (χ0) is 20.7. The standard InChI is InChI=1S/C25H29ClN2O2/c26-21-7-3-20(4-8-21)23(29)17-27-14-11-25(12-15-27)13-16-28(24(25)30)22-9-5-19(6-10-22)18-1-2-18/h3-10,18,23,29H,1-2,11-17H2. The molecule has 5 heteroatoms. The van der Waals surface area contributed by atoms with Gasteiger partial charge in [-0.1, -0.05) is 35.9 Å². The van der Waals surface area contributed by atoms with E-state index in [9.17, 15) is 9.90 Å². The molecule has 2 heterocycles. The summed E-state index contributed by atoms with van der Waals surface area (Å²) in [5, 5.41) is 11.2. The zero-order valence-electron chi connectivity index (χ0n) is 17.3. The van der Waals surface area contributed by atoms with Gasteiger partial charge in [-0.25, -0.2) is 0 Å². The van der Waals surface area contributed by atoms with Crippen LogP contribution in [0.15, 0.2) is 48.5 Å². The van der Waals surface area contributed by atoms with Crippen LogP contribution >= 0.6 is 11.6 Å². The molecule has 3 aliphatic rings. The molecule has 3 fully saturated rings. The van der Waals surface area contributed by atoms with Crippen molar-refractivity contribution >= 4 is 23.2 Å². The first kappa shape index (κ1) is 20.0. The second-order valence-corrected chi connectivity index (χ2v) is 9.66. The second-order valence-electron chi connectivity index (χ2n) is 9.22. The minimum Gasteiger partial charge on any atom is -0.387 e. The largest absolute Gasteiger partial charge is 0.387 e. The number of aliphatic hydroxyl groups excluding tert-OH is 1. The highest BCUT2D eigenvalue weighted by Gasteiger charge is 2.48. The summed E-state index contributed by atoms with van der Waals surface area (Å²) in [6, 6.07) is 16.0. The quantitative estimate of drug-likeness (QED) is 0.751. The molecule has 4 nitrogen and oxygen atoms in total. The minimum atomic E-state index is -0.530. The van der Waals surface area contributed by atoms with Crippen LogP contribution in [0.4, 0.5) is 5.69 Å². The molecule has 1 spiro atoms. The SMILES string of the molecule is O=C1N(c2ccc(C3CC3)cc2)CCC12CCN(CC(O)c1ccc(Cl)cc1)CC2. The Balaban J connectivity index is 1.19. The maximum atomic E-state index is 13.3. The van der Waals surface area contributed by atoms with E-state index in [4.69, 9.17) is 11.6 Å². The number of amides is 1. The fraction of sp³-hybridized carbons (Fsp3) is 0.480. The number of benzene rings is 2. The molecular weight excluding hydrogens is 396 g/mol. The van der Waals surface area contributed by atoms with E-state index in [1.807, 2.05) is 29.2 Å². The van der Waals surface area contributed by atoms with Gasteiger partial charge in [-0.15, -0.1) is 0 Å². The van der Waals surface area contributed by atoms with Gasteiger partial charge in [0.2, 0.25) is 5.91 Å². The van der Waals surface area contributed by atoms with Crippen LogP contribution in [-0.2, 0) is 4.79 Å². The van der Waals surface area contributed by atoms with Gasteiger partial charge < -0.3 is 14.9 Å². The maximum Gasteiger partial charge on any atom is 0.233 e. The van der Waals surface area contributed by atoms with Crippen LogP contribution in [0.5, 0.6) is 0 Å². The van der Waals surface area contributed by atoms with E-state index in [1.165, 1.54) is 18.4 Å². The fourth-order valence-electron chi connectivity index (χ4n) is 5.07. The summed E-state index contributed by atoms with van der Waals surface area (Å²) in [7, 11) is 0. The molecule has 1 N–H and O–H groups in total. The number of rotatable bonds is 5. The first-order chi connectivity index (χ1) is 14.5. The average molecular weight is 425 g/mol. The van der Waals surface area contributed by atoms with Crippen molar-refractivity contribution in [3.8, 4) is 0 Å². The highest BCUT2D eigenvalue weighted by molar-refractivity contribution is 6.30. The van der Waals surface area contributed by atoms with Crippen molar-refractivity contribution in [2.24, 2.45) is 5.41 Å². The Bertz CT molecular complexity index is 900. The summed E-state index contributed by atoms with van der Waals surface area (Å²) in [5.41, 5.74) is 3.11. The lowest BCUT2D eigenvalue weighted by molar-refractivity contribution is -0.128. The third-order valence-corrected chi connectivity index (χ3v) is 7.52. The van der Waals surface area contributed by atoms with Gasteiger partial charge in [-0.05, 0) is 86.5 Å². The topological polar surface area (TPSA) is 43.8 Å². The number of piperidine rings is 1. The highest BCUT2D eigenvalue weighted by Crippen LogP contribution is 2.44. The minimum absolute atomic E-state index is 0.225. The van der Waals surface area contributed by atoms with Crippen molar-refractivity contribution in [2.45, 2.75) is 44.1 Å². The molecule has 0 aromatic heterocycles. The number of nitrogens with zero attached hydrogens (tertiary/aromatic N) is 2. The number of carbonyl (C=O) groups excluding carboxylic acids is 1. The van der Waals surface area contributed by atoms with E-state index in [1.54, 1.807) is 0 Å². The molecule has 0 radical (unpaired) electrons. The van der Waals surface area contributed by atoms with Gasteiger partial charge in [0.25, 0.3) is 0 Å². The van der Waals surface area contributed by atoms with Crippen molar-refractivity contribution in [2.75, 3.05) is 31.1 Å². The first-order valence-corrected chi connectivity index (χ1v) is 11.5. The molecule has 30 heavy (non-hydrogen) atoms. The molecule has 158 valence electrons. The first-order valence-electron chi connectivity index (χ1n) is 11.1. The van der Waals surface area contributed by atoms with Crippen LogP contribution in [0.1, 0.15) is 55.3 Å². The molecule has 2 aromatic rings. The van der Waals surface area contributed by atoms with Crippen LogP contribution < -0.4 is 4.90 Å². The normalized spacial score (nSPS) is 22.6. The van der Waals surface area contributed by atoms with E-state index in [2.05, 4.69) is 29.2 Å². The van der Waals surface area contributed by atoms with E-state index in [0.29, 0.717) is 17.5 Å². The van der Waals surface area contributed by atoms with Crippen molar-refractivity contribution < 1.29 is 9.90 Å². The number of hydrogen-bond acceptors (Lipinski definition) is 3. The Morgan fingerprint density at radius 1 is 0.967 bits per heavy atom. The molecule has 1 aliphatic carbocycles. The summed E-state index contributed by atoms with van der Waals surface area (Å²) < 4.78 is 0. The number of halogens is 1. The molecule has 0 bridgehead atoms. The Kier molecular flexibility index (Phi) is 5.34. The van der Waals surface area contributed by atoms with E-state index in [-0.39, 0.29) is 5.41 Å². The van der Waals surface area contributed by atoms with Gasteiger partial charge in [-0.3, -0.25) is 4.79 Å². The Morgan fingerprint density at radius 3 is 2.23 bits per heavy atom. The average Bonchev–Trinajstić information content (AvgIpc) is 3.57. The van der Waals surface area contributed by atoms with Crippen LogP contribution in [-0.4, -0.2) is 42.1 Å². The smallest absolute Gasteiger partial charge is 0.233 e. The molecule has 2 aromatic carbocycles. The maximum absolute atomic E-state index is 13.3. The Morgan fingerprint density at radius 2 is 1.60 bits per heavy atom. The fourth-order valence-corrected chi connectivity index (χ4v) is 5.20. The third-order valence-electron chi connectivity index (χ3n) is 7.27. The number of β-amino-alcohol motifs (C(OH)–C–C–N with tert-alkyl or cyclic N) is 1. The van der Waals surface area contributed by atoms with Crippen LogP contribution in [0, 0.1) is 5.41 Å². The number of anilines is 1. The second kappa shape index (κ2) is 7.99. The van der Waals surface area contributed by atoms with Gasteiger partial charge in [0.15, 0.2) is 0 Å². The molecule has 1 atom stereocenters. The van der Waals surface area contributed by atoms with Crippen LogP contribution in [0.3, 0.4) is 0 Å². The number of carbonyl (C=O) groups is 1. The molecule has 1 saturated carbocycles. The van der Waals surface area contributed by atoms with Crippen LogP contribution in [0.2, 0.25) is 5.02 Å². The van der Waals surface area contributed by atoms with Gasteiger partial charge in [0, 0.05) is 23.8 Å². The molecule has 1 amide bonds. The molecule has 5 rings (SSSR count). The monoisotopic (exact) mass is 424 g/mol. The van der Waals surface area contributed by atoms with Crippen LogP contribution in [0.25, 0.3) is 0 Å². The highest BCUT2D eigenvalue weighted by atomic mass is 35.5. The molecular formula is C25H29ClN2O2. The van der Waals surface area contributed by atoms with E-state index < -0.39 is 6.10 Å². The Labute approximate surface area is 183 Å². The molecule has 2 saturated heterocycles. The summed E-state index contributed by atoms with van der Waals surface area (Å²) in [4.78, 5) is 17.6. The summed E-state index contributed by atoms with van der Waals surface area (Å²) in [5.74, 6) is 1.03. The third kappa shape index (κ3) is 3.89. The zero-order valence-corrected chi connectivity index (χ0v) is 18.0. The lowest BCUT2D eigenvalue weighted by Crippen LogP contribution is -2.45. The predicted octanol–water partition coefficient (Wildman–Crippen LogP) is 4.77. The summed E-state index contributed by atoms with van der Waals surface area (Å²) in [6.07, 6.45) is 4.75. The van der Waals surface area contributed by atoms with E-state index in [0.717, 1.165) is 56.1 Å². The molecule has 1 unspecified atom stereocenters. The summed E-state index contributed by atoms with van der Waals surface area (Å²) >= 11 is 5.94. The van der Waals surface area contributed by atoms with Gasteiger partial charge >= 0.3 is 0 Å².